The van der Waals surface area contributed by atoms with Crippen LogP contribution in [0.3, 0.4) is 0 Å². The molecule has 78 valence electrons. The Morgan fingerprint density at radius 2 is 2.00 bits per heavy atom. The molecular weight excluding hydrogens is 182 g/mol. The van der Waals surface area contributed by atoms with Crippen molar-refractivity contribution in [2.24, 2.45) is 4.99 Å². The van der Waals surface area contributed by atoms with Crippen LogP contribution in [0.5, 0.6) is 0 Å². The summed E-state index contributed by atoms with van der Waals surface area (Å²) >= 11 is 0. The third kappa shape index (κ3) is 2.66. The number of allylic oxidation sites excluding steroid dienone is 2. The van der Waals surface area contributed by atoms with Crippen LogP contribution in [-0.2, 0) is 0 Å². The SMILES string of the molecule is C=C/N=C(\C(C)=C/C)c1ccccc1C. The predicted molar refractivity (Wildman–Crippen MR) is 67.3 cm³/mol. The zero-order chi connectivity index (χ0) is 11.3. The second kappa shape index (κ2) is 5.30. The molecule has 0 radical (unpaired) electrons. The summed E-state index contributed by atoms with van der Waals surface area (Å²) in [5.74, 6) is 0. The maximum absolute atomic E-state index is 4.34. The van der Waals surface area contributed by atoms with Gasteiger partial charge in [-0.1, -0.05) is 36.9 Å². The number of nitrogens with zero attached hydrogens (tertiary/aromatic N) is 1. The zero-order valence-electron chi connectivity index (χ0n) is 9.62. The Morgan fingerprint density at radius 3 is 2.53 bits per heavy atom. The molecule has 0 aromatic heterocycles. The second-order valence-electron chi connectivity index (χ2n) is 3.45. The minimum Gasteiger partial charge on any atom is -0.257 e. The van der Waals surface area contributed by atoms with E-state index in [1.54, 1.807) is 6.20 Å². The van der Waals surface area contributed by atoms with Crippen molar-refractivity contribution < 1.29 is 0 Å². The van der Waals surface area contributed by atoms with Crippen molar-refractivity contribution in [3.05, 3.63) is 59.8 Å². The molecule has 0 fully saturated rings. The van der Waals surface area contributed by atoms with Gasteiger partial charge in [-0.05, 0) is 31.9 Å². The molecule has 1 heteroatoms. The molecular formula is C14H17N. The summed E-state index contributed by atoms with van der Waals surface area (Å²) in [6.45, 7) is 9.84. The minimum atomic E-state index is 1.01. The molecule has 0 aliphatic rings. The van der Waals surface area contributed by atoms with Gasteiger partial charge >= 0.3 is 0 Å². The quantitative estimate of drug-likeness (QED) is 0.655. The van der Waals surface area contributed by atoms with Crippen LogP contribution in [0.15, 0.2) is 53.7 Å². The van der Waals surface area contributed by atoms with E-state index in [0.717, 1.165) is 5.71 Å². The van der Waals surface area contributed by atoms with Crippen LogP contribution in [0.4, 0.5) is 0 Å². The molecule has 1 nitrogen and oxygen atoms in total. The molecule has 0 amide bonds. The van der Waals surface area contributed by atoms with Crippen molar-refractivity contribution in [1.82, 2.24) is 0 Å². The van der Waals surface area contributed by atoms with E-state index in [-0.39, 0.29) is 0 Å². The maximum Gasteiger partial charge on any atom is 0.0730 e. The number of hydrogen-bond donors (Lipinski definition) is 0. The van der Waals surface area contributed by atoms with Crippen LogP contribution in [-0.4, -0.2) is 5.71 Å². The van der Waals surface area contributed by atoms with Crippen LogP contribution in [0.1, 0.15) is 25.0 Å². The summed E-state index contributed by atoms with van der Waals surface area (Å²) in [5, 5.41) is 0. The lowest BCUT2D eigenvalue weighted by Gasteiger charge is -2.08. The molecule has 1 aromatic rings. The molecule has 1 rings (SSSR count). The monoisotopic (exact) mass is 199 g/mol. The Labute approximate surface area is 91.9 Å². The topological polar surface area (TPSA) is 12.4 Å². The van der Waals surface area contributed by atoms with Gasteiger partial charge in [-0.2, -0.15) is 0 Å². The highest BCUT2D eigenvalue weighted by Gasteiger charge is 2.06. The van der Waals surface area contributed by atoms with E-state index in [0.29, 0.717) is 0 Å². The van der Waals surface area contributed by atoms with Gasteiger partial charge in [0.05, 0.1) is 5.71 Å². The first-order chi connectivity index (χ1) is 7.20. The van der Waals surface area contributed by atoms with Crippen molar-refractivity contribution >= 4 is 5.71 Å². The molecule has 0 spiro atoms. The minimum absolute atomic E-state index is 1.01. The van der Waals surface area contributed by atoms with Crippen molar-refractivity contribution in [3.8, 4) is 0 Å². The fraction of sp³-hybridized carbons (Fsp3) is 0.214. The van der Waals surface area contributed by atoms with Gasteiger partial charge in [0.15, 0.2) is 0 Å². The molecule has 0 heterocycles. The standard InChI is InChI=1S/C14H17N/c1-5-11(3)14(15-6-2)13-10-8-7-9-12(13)4/h5-10H,2H2,1,3-4H3/b11-5-,15-14+. The highest BCUT2D eigenvalue weighted by molar-refractivity contribution is 6.13. The summed E-state index contributed by atoms with van der Waals surface area (Å²) in [7, 11) is 0. The normalized spacial score (nSPS) is 12.7. The molecule has 0 bridgehead atoms. The molecule has 0 saturated heterocycles. The van der Waals surface area contributed by atoms with E-state index < -0.39 is 0 Å². The van der Waals surface area contributed by atoms with Gasteiger partial charge in [-0.25, -0.2) is 0 Å². The molecule has 1 aromatic carbocycles. The van der Waals surface area contributed by atoms with Crippen LogP contribution in [0.2, 0.25) is 0 Å². The average Bonchev–Trinajstić information content (AvgIpc) is 2.26. The van der Waals surface area contributed by atoms with Gasteiger partial charge in [0.2, 0.25) is 0 Å². The first-order valence-corrected chi connectivity index (χ1v) is 5.08. The Morgan fingerprint density at radius 1 is 1.33 bits per heavy atom. The average molecular weight is 199 g/mol. The van der Waals surface area contributed by atoms with Gasteiger partial charge < -0.3 is 0 Å². The molecule has 0 N–H and O–H groups in total. The fourth-order valence-electron chi connectivity index (χ4n) is 1.45. The molecule has 0 aliphatic carbocycles. The largest absolute Gasteiger partial charge is 0.257 e. The Balaban J connectivity index is 3.29. The lowest BCUT2D eigenvalue weighted by molar-refractivity contribution is 1.39. The second-order valence-corrected chi connectivity index (χ2v) is 3.45. The number of rotatable bonds is 3. The first-order valence-electron chi connectivity index (χ1n) is 5.08. The van der Waals surface area contributed by atoms with Gasteiger partial charge in [0, 0.05) is 11.8 Å². The number of benzene rings is 1. The summed E-state index contributed by atoms with van der Waals surface area (Å²) in [4.78, 5) is 4.34. The molecule has 0 unspecified atom stereocenters. The van der Waals surface area contributed by atoms with E-state index in [9.17, 15) is 0 Å². The Hall–Kier alpha value is -1.63. The fourth-order valence-corrected chi connectivity index (χ4v) is 1.45. The zero-order valence-corrected chi connectivity index (χ0v) is 9.62. The van der Waals surface area contributed by atoms with E-state index in [4.69, 9.17) is 0 Å². The van der Waals surface area contributed by atoms with Crippen molar-refractivity contribution in [3.63, 3.8) is 0 Å². The third-order valence-corrected chi connectivity index (χ3v) is 2.43. The summed E-state index contributed by atoms with van der Waals surface area (Å²) < 4.78 is 0. The molecule has 0 atom stereocenters. The number of hydrogen-bond acceptors (Lipinski definition) is 1. The smallest absolute Gasteiger partial charge is 0.0730 e. The highest BCUT2D eigenvalue weighted by Crippen LogP contribution is 2.14. The van der Waals surface area contributed by atoms with Crippen LogP contribution < -0.4 is 0 Å². The molecule has 0 aliphatic heterocycles. The molecule has 15 heavy (non-hydrogen) atoms. The van der Waals surface area contributed by atoms with Gasteiger partial charge in [-0.3, -0.25) is 4.99 Å². The number of aryl methyl sites for hydroxylation is 1. The van der Waals surface area contributed by atoms with Gasteiger partial charge in [0.1, 0.15) is 0 Å². The summed E-state index contributed by atoms with van der Waals surface area (Å²) in [6, 6.07) is 8.25. The third-order valence-electron chi connectivity index (χ3n) is 2.43. The van der Waals surface area contributed by atoms with E-state index in [1.165, 1.54) is 16.7 Å². The lowest BCUT2D eigenvalue weighted by atomic mass is 9.99. The molecule has 0 saturated carbocycles. The Bertz CT molecular complexity index is 411. The van der Waals surface area contributed by atoms with Gasteiger partial charge in [-0.15, -0.1) is 0 Å². The van der Waals surface area contributed by atoms with Crippen molar-refractivity contribution in [1.29, 1.82) is 0 Å². The van der Waals surface area contributed by atoms with Crippen molar-refractivity contribution in [2.45, 2.75) is 20.8 Å². The predicted octanol–water partition coefficient (Wildman–Crippen LogP) is 3.89. The van der Waals surface area contributed by atoms with Crippen LogP contribution in [0, 0.1) is 6.92 Å². The van der Waals surface area contributed by atoms with Crippen LogP contribution >= 0.6 is 0 Å². The maximum atomic E-state index is 4.34. The highest BCUT2D eigenvalue weighted by atomic mass is 14.7. The van der Waals surface area contributed by atoms with Gasteiger partial charge in [0.25, 0.3) is 0 Å². The van der Waals surface area contributed by atoms with Crippen molar-refractivity contribution in [2.75, 3.05) is 0 Å². The van der Waals surface area contributed by atoms with E-state index in [2.05, 4.69) is 43.6 Å². The van der Waals surface area contributed by atoms with Crippen LogP contribution in [0.25, 0.3) is 0 Å². The van der Waals surface area contributed by atoms with E-state index in [1.807, 2.05) is 19.1 Å². The summed E-state index contributed by atoms with van der Waals surface area (Å²) in [5.41, 5.74) is 4.59. The van der Waals surface area contributed by atoms with E-state index >= 15 is 0 Å². The lowest BCUT2D eigenvalue weighted by Crippen LogP contribution is -2.04. The summed E-state index contributed by atoms with van der Waals surface area (Å²) in [6.07, 6.45) is 3.66. The number of aliphatic imine (C=N–C) groups is 1. The Kier molecular flexibility index (Phi) is 4.04. The first kappa shape index (κ1) is 11.4.